The van der Waals surface area contributed by atoms with Gasteiger partial charge in [-0.05, 0) is 46.9 Å². The van der Waals surface area contributed by atoms with Gasteiger partial charge >= 0.3 is 5.97 Å². The molecule has 0 unspecified atom stereocenters. The average Bonchev–Trinajstić information content (AvgIpc) is 2.79. The molecule has 19 heavy (non-hydrogen) atoms. The number of fused-ring (bicyclic) bond motifs is 1. The van der Waals surface area contributed by atoms with Crippen LogP contribution in [0.5, 0.6) is 0 Å². The largest absolute Gasteiger partial charge is 0.476 e. The van der Waals surface area contributed by atoms with E-state index in [4.69, 9.17) is 4.74 Å². The van der Waals surface area contributed by atoms with E-state index in [1.807, 2.05) is 24.3 Å². The normalized spacial score (nSPS) is 14.2. The second-order valence-electron chi connectivity index (χ2n) is 4.27. The van der Waals surface area contributed by atoms with Gasteiger partial charge < -0.3 is 9.84 Å². The van der Waals surface area contributed by atoms with E-state index in [9.17, 15) is 9.90 Å². The van der Waals surface area contributed by atoms with Crippen LogP contribution in [0.1, 0.15) is 21.7 Å². The van der Waals surface area contributed by atoms with Gasteiger partial charge in [-0.25, -0.2) is 9.48 Å². The number of ether oxygens (including phenoxy) is 1. The summed E-state index contributed by atoms with van der Waals surface area (Å²) >= 11 is 2.23. The van der Waals surface area contributed by atoms with Crippen LogP contribution in [-0.2, 0) is 17.8 Å². The fourth-order valence-corrected chi connectivity index (χ4v) is 2.56. The molecule has 1 aromatic heterocycles. The van der Waals surface area contributed by atoms with E-state index in [1.54, 1.807) is 4.68 Å². The molecule has 3 rings (SSSR count). The number of rotatable bonds is 2. The fraction of sp³-hybridized carbons (Fsp3) is 0.231. The molecule has 0 amide bonds. The molecule has 2 aromatic rings. The number of hydrogen-bond donors (Lipinski definition) is 1. The van der Waals surface area contributed by atoms with Crippen molar-refractivity contribution in [3.63, 3.8) is 0 Å². The highest BCUT2D eigenvalue weighted by Crippen LogP contribution is 2.24. The summed E-state index contributed by atoms with van der Waals surface area (Å²) in [5, 5.41) is 13.4. The number of halogens is 1. The van der Waals surface area contributed by atoms with Gasteiger partial charge in [-0.15, -0.1) is 0 Å². The molecule has 0 bridgehead atoms. The lowest BCUT2D eigenvalue weighted by molar-refractivity contribution is 0.0677. The number of benzene rings is 1. The number of carboxylic acid groups (broad SMARTS) is 1. The predicted molar refractivity (Wildman–Crippen MR) is 76.6 cm³/mol. The Bertz CT molecular complexity index is 634. The molecule has 6 heteroatoms. The molecule has 0 saturated heterocycles. The standard InChI is InChI=1S/C13H11IN2O3/c14-8-1-3-9(4-2-8)16-11-5-6-19-7-10(11)12(15-16)13(17)18/h1-4H,5-7H2,(H,17,18). The quantitative estimate of drug-likeness (QED) is 0.824. The number of carbonyl (C=O) groups is 1. The Labute approximate surface area is 123 Å². The van der Waals surface area contributed by atoms with Gasteiger partial charge in [0.1, 0.15) is 0 Å². The first-order valence-corrected chi connectivity index (χ1v) is 6.92. The van der Waals surface area contributed by atoms with Crippen LogP contribution >= 0.6 is 22.6 Å². The van der Waals surface area contributed by atoms with Gasteiger partial charge in [0.15, 0.2) is 5.69 Å². The van der Waals surface area contributed by atoms with Gasteiger partial charge in [-0.1, -0.05) is 0 Å². The highest BCUT2D eigenvalue weighted by molar-refractivity contribution is 14.1. The summed E-state index contributed by atoms with van der Waals surface area (Å²) < 4.78 is 8.19. The van der Waals surface area contributed by atoms with Crippen LogP contribution in [0, 0.1) is 3.57 Å². The molecular weight excluding hydrogens is 359 g/mol. The number of carboxylic acids is 1. The maximum Gasteiger partial charge on any atom is 0.356 e. The van der Waals surface area contributed by atoms with Crippen molar-refractivity contribution >= 4 is 28.6 Å². The van der Waals surface area contributed by atoms with E-state index in [1.165, 1.54) is 0 Å². The Morgan fingerprint density at radius 3 is 2.79 bits per heavy atom. The average molecular weight is 370 g/mol. The van der Waals surface area contributed by atoms with E-state index >= 15 is 0 Å². The zero-order valence-corrected chi connectivity index (χ0v) is 12.1. The Kier molecular flexibility index (Phi) is 3.28. The molecule has 0 atom stereocenters. The molecule has 98 valence electrons. The van der Waals surface area contributed by atoms with Crippen LogP contribution < -0.4 is 0 Å². The molecule has 1 aliphatic heterocycles. The SMILES string of the molecule is O=C(O)c1nn(-c2ccc(I)cc2)c2c1COCC2. The molecule has 2 heterocycles. The molecule has 0 radical (unpaired) electrons. The highest BCUT2D eigenvalue weighted by Gasteiger charge is 2.25. The van der Waals surface area contributed by atoms with Gasteiger partial charge in [0, 0.05) is 15.6 Å². The van der Waals surface area contributed by atoms with E-state index in [2.05, 4.69) is 27.7 Å². The molecule has 5 nitrogen and oxygen atoms in total. The van der Waals surface area contributed by atoms with E-state index in [0.29, 0.717) is 25.2 Å². The van der Waals surface area contributed by atoms with Crippen LogP contribution in [0.4, 0.5) is 0 Å². The second kappa shape index (κ2) is 4.93. The fourth-order valence-electron chi connectivity index (χ4n) is 2.20. The Morgan fingerprint density at radius 2 is 2.11 bits per heavy atom. The number of hydrogen-bond acceptors (Lipinski definition) is 3. The van der Waals surface area contributed by atoms with Gasteiger partial charge in [-0.2, -0.15) is 5.10 Å². The molecule has 0 saturated carbocycles. The van der Waals surface area contributed by atoms with E-state index < -0.39 is 5.97 Å². The minimum atomic E-state index is -1.01. The summed E-state index contributed by atoms with van der Waals surface area (Å²) in [6, 6.07) is 7.83. The first-order chi connectivity index (χ1) is 9.16. The predicted octanol–water partition coefficient (Wildman–Crippen LogP) is 2.25. The van der Waals surface area contributed by atoms with Crippen molar-refractivity contribution in [2.24, 2.45) is 0 Å². The zero-order chi connectivity index (χ0) is 13.4. The summed E-state index contributed by atoms with van der Waals surface area (Å²) in [6.07, 6.45) is 0.682. The van der Waals surface area contributed by atoms with Crippen molar-refractivity contribution in [2.45, 2.75) is 13.0 Å². The third-order valence-corrected chi connectivity index (χ3v) is 3.81. The van der Waals surface area contributed by atoms with Crippen LogP contribution in [0.25, 0.3) is 5.69 Å². The van der Waals surface area contributed by atoms with E-state index in [-0.39, 0.29) is 5.69 Å². The lowest BCUT2D eigenvalue weighted by Crippen LogP contribution is -2.13. The van der Waals surface area contributed by atoms with Gasteiger partial charge in [0.2, 0.25) is 0 Å². The summed E-state index contributed by atoms with van der Waals surface area (Å²) in [5.41, 5.74) is 2.60. The maximum absolute atomic E-state index is 11.2. The first-order valence-electron chi connectivity index (χ1n) is 5.84. The van der Waals surface area contributed by atoms with Crippen molar-refractivity contribution in [3.8, 4) is 5.69 Å². The molecule has 0 fully saturated rings. The number of aromatic nitrogens is 2. The van der Waals surface area contributed by atoms with Crippen LogP contribution in [-0.4, -0.2) is 27.5 Å². The molecule has 1 N–H and O–H groups in total. The third kappa shape index (κ3) is 2.25. The molecular formula is C13H11IN2O3. The summed E-state index contributed by atoms with van der Waals surface area (Å²) in [6.45, 7) is 0.920. The summed E-state index contributed by atoms with van der Waals surface area (Å²) in [4.78, 5) is 11.2. The smallest absolute Gasteiger partial charge is 0.356 e. The maximum atomic E-state index is 11.2. The molecule has 1 aromatic carbocycles. The van der Waals surface area contributed by atoms with Gasteiger partial charge in [-0.3, -0.25) is 0 Å². The van der Waals surface area contributed by atoms with Crippen molar-refractivity contribution in [2.75, 3.05) is 6.61 Å². The van der Waals surface area contributed by atoms with Crippen LogP contribution in [0.15, 0.2) is 24.3 Å². The molecule has 0 spiro atoms. The minimum absolute atomic E-state index is 0.0910. The lowest BCUT2D eigenvalue weighted by atomic mass is 10.1. The van der Waals surface area contributed by atoms with Gasteiger partial charge in [0.05, 0.1) is 24.6 Å². The summed E-state index contributed by atoms with van der Waals surface area (Å²) in [5.74, 6) is -1.01. The van der Waals surface area contributed by atoms with Gasteiger partial charge in [0.25, 0.3) is 0 Å². The topological polar surface area (TPSA) is 64.3 Å². The minimum Gasteiger partial charge on any atom is -0.476 e. The molecule has 1 aliphatic rings. The highest BCUT2D eigenvalue weighted by atomic mass is 127. The Balaban J connectivity index is 2.16. The Hall–Kier alpha value is -1.41. The summed E-state index contributed by atoms with van der Waals surface area (Å²) in [7, 11) is 0. The third-order valence-electron chi connectivity index (χ3n) is 3.09. The Morgan fingerprint density at radius 1 is 1.37 bits per heavy atom. The zero-order valence-electron chi connectivity index (χ0n) is 9.97. The van der Waals surface area contributed by atoms with Crippen molar-refractivity contribution < 1.29 is 14.6 Å². The van der Waals surface area contributed by atoms with Crippen molar-refractivity contribution in [1.29, 1.82) is 0 Å². The lowest BCUT2D eigenvalue weighted by Gasteiger charge is -2.14. The monoisotopic (exact) mass is 370 g/mol. The molecule has 0 aliphatic carbocycles. The van der Waals surface area contributed by atoms with Crippen LogP contribution in [0.2, 0.25) is 0 Å². The second-order valence-corrected chi connectivity index (χ2v) is 5.52. The first kappa shape index (κ1) is 12.6. The van der Waals surface area contributed by atoms with E-state index in [0.717, 1.165) is 15.0 Å². The van der Waals surface area contributed by atoms with Crippen molar-refractivity contribution in [3.05, 3.63) is 44.8 Å². The number of nitrogens with zero attached hydrogens (tertiary/aromatic N) is 2. The van der Waals surface area contributed by atoms with Crippen LogP contribution in [0.3, 0.4) is 0 Å². The van der Waals surface area contributed by atoms with Crippen molar-refractivity contribution in [1.82, 2.24) is 9.78 Å². The number of aromatic carboxylic acids is 1.